The SMILES string of the molecule is O=Cc1c(Sc2ccccc2)[nH]c(=O)[nH]c1=O. The van der Waals surface area contributed by atoms with E-state index in [9.17, 15) is 14.4 Å². The highest BCUT2D eigenvalue weighted by atomic mass is 32.2. The number of hydrogen-bond acceptors (Lipinski definition) is 4. The Labute approximate surface area is 99.9 Å². The number of carbonyl (C=O) groups excluding carboxylic acids is 1. The van der Waals surface area contributed by atoms with Crippen LogP contribution in [0.25, 0.3) is 0 Å². The summed E-state index contributed by atoms with van der Waals surface area (Å²) in [6.07, 6.45) is 0.431. The van der Waals surface area contributed by atoms with Crippen LogP contribution >= 0.6 is 11.8 Å². The molecule has 5 nitrogen and oxygen atoms in total. The van der Waals surface area contributed by atoms with Crippen LogP contribution in [0, 0.1) is 0 Å². The van der Waals surface area contributed by atoms with Gasteiger partial charge in [0.2, 0.25) is 0 Å². The Balaban J connectivity index is 2.49. The fraction of sp³-hybridized carbons (Fsp3) is 0. The summed E-state index contributed by atoms with van der Waals surface area (Å²) in [4.78, 5) is 38.6. The Hall–Kier alpha value is -2.08. The molecule has 2 N–H and O–H groups in total. The minimum absolute atomic E-state index is 0.0709. The Morgan fingerprint density at radius 2 is 1.76 bits per heavy atom. The zero-order chi connectivity index (χ0) is 12.3. The molecule has 0 aliphatic carbocycles. The fourth-order valence-electron chi connectivity index (χ4n) is 1.27. The van der Waals surface area contributed by atoms with E-state index in [4.69, 9.17) is 0 Å². The van der Waals surface area contributed by atoms with Gasteiger partial charge in [-0.25, -0.2) is 4.79 Å². The maximum atomic E-state index is 11.4. The van der Waals surface area contributed by atoms with Crippen LogP contribution in [-0.4, -0.2) is 16.3 Å². The molecule has 0 bridgehead atoms. The Morgan fingerprint density at radius 3 is 2.41 bits per heavy atom. The van der Waals surface area contributed by atoms with Crippen molar-refractivity contribution in [1.29, 1.82) is 0 Å². The third kappa shape index (κ3) is 2.54. The van der Waals surface area contributed by atoms with Crippen LogP contribution in [0.4, 0.5) is 0 Å². The summed E-state index contributed by atoms with van der Waals surface area (Å²) < 4.78 is 0. The first-order valence-electron chi connectivity index (χ1n) is 4.75. The molecule has 0 atom stereocenters. The predicted octanol–water partition coefficient (Wildman–Crippen LogP) is 1.03. The average molecular weight is 248 g/mol. The van der Waals surface area contributed by atoms with Gasteiger partial charge >= 0.3 is 5.69 Å². The molecule has 0 aliphatic rings. The second-order valence-electron chi connectivity index (χ2n) is 3.18. The van der Waals surface area contributed by atoms with E-state index in [-0.39, 0.29) is 10.6 Å². The van der Waals surface area contributed by atoms with Crippen LogP contribution in [0.2, 0.25) is 0 Å². The van der Waals surface area contributed by atoms with Crippen molar-refractivity contribution in [2.45, 2.75) is 9.92 Å². The van der Waals surface area contributed by atoms with Crippen molar-refractivity contribution in [3.63, 3.8) is 0 Å². The minimum Gasteiger partial charge on any atom is -0.301 e. The molecule has 0 unspecified atom stereocenters. The first-order valence-corrected chi connectivity index (χ1v) is 5.57. The van der Waals surface area contributed by atoms with Crippen LogP contribution in [-0.2, 0) is 0 Å². The largest absolute Gasteiger partial charge is 0.326 e. The number of carbonyl (C=O) groups is 1. The molecule has 0 spiro atoms. The minimum atomic E-state index is -0.679. The Morgan fingerprint density at radius 1 is 1.06 bits per heavy atom. The van der Waals surface area contributed by atoms with E-state index in [0.29, 0.717) is 6.29 Å². The molecule has 17 heavy (non-hydrogen) atoms. The number of hydrogen-bond donors (Lipinski definition) is 2. The topological polar surface area (TPSA) is 82.8 Å². The molecule has 86 valence electrons. The maximum absolute atomic E-state index is 11.4. The van der Waals surface area contributed by atoms with Gasteiger partial charge in [0.1, 0.15) is 5.56 Å². The van der Waals surface area contributed by atoms with Crippen LogP contribution in [0.3, 0.4) is 0 Å². The number of aromatic nitrogens is 2. The van der Waals surface area contributed by atoms with Crippen molar-refractivity contribution in [1.82, 2.24) is 9.97 Å². The summed E-state index contributed by atoms with van der Waals surface area (Å²) in [5.74, 6) is 0. The second-order valence-corrected chi connectivity index (χ2v) is 4.27. The van der Waals surface area contributed by atoms with Crippen molar-refractivity contribution in [3.05, 3.63) is 56.7 Å². The van der Waals surface area contributed by atoms with E-state index in [0.717, 1.165) is 16.7 Å². The molecule has 0 aliphatic heterocycles. The zero-order valence-corrected chi connectivity index (χ0v) is 9.41. The second kappa shape index (κ2) is 4.84. The van der Waals surface area contributed by atoms with Gasteiger partial charge in [-0.1, -0.05) is 30.0 Å². The molecular weight excluding hydrogens is 240 g/mol. The number of benzene rings is 1. The summed E-state index contributed by atoms with van der Waals surface area (Å²) in [7, 11) is 0. The summed E-state index contributed by atoms with van der Waals surface area (Å²) in [6.45, 7) is 0. The van der Waals surface area contributed by atoms with Crippen molar-refractivity contribution in [2.24, 2.45) is 0 Å². The lowest BCUT2D eigenvalue weighted by Crippen LogP contribution is -2.26. The van der Waals surface area contributed by atoms with Gasteiger partial charge in [-0.3, -0.25) is 14.6 Å². The quantitative estimate of drug-likeness (QED) is 0.627. The third-order valence-corrected chi connectivity index (χ3v) is 3.06. The smallest absolute Gasteiger partial charge is 0.301 e. The van der Waals surface area contributed by atoms with Gasteiger partial charge in [0, 0.05) is 4.90 Å². The summed E-state index contributed by atoms with van der Waals surface area (Å²) in [6, 6.07) is 9.14. The number of rotatable bonds is 3. The molecule has 2 aromatic rings. The van der Waals surface area contributed by atoms with E-state index < -0.39 is 11.2 Å². The molecule has 1 aromatic carbocycles. The summed E-state index contributed by atoms with van der Waals surface area (Å²) >= 11 is 1.16. The van der Waals surface area contributed by atoms with Crippen molar-refractivity contribution < 1.29 is 4.79 Å². The monoisotopic (exact) mass is 248 g/mol. The lowest BCUT2D eigenvalue weighted by Gasteiger charge is -2.02. The number of nitrogens with one attached hydrogen (secondary N) is 2. The molecule has 0 saturated heterocycles. The van der Waals surface area contributed by atoms with E-state index in [1.807, 2.05) is 35.3 Å². The molecule has 1 aromatic heterocycles. The normalized spacial score (nSPS) is 10.1. The highest BCUT2D eigenvalue weighted by molar-refractivity contribution is 7.99. The van der Waals surface area contributed by atoms with Crippen molar-refractivity contribution in [2.75, 3.05) is 0 Å². The average Bonchev–Trinajstić information content (AvgIpc) is 2.30. The highest BCUT2D eigenvalue weighted by Gasteiger charge is 2.09. The number of H-pyrrole nitrogens is 2. The van der Waals surface area contributed by atoms with Crippen LogP contribution < -0.4 is 11.2 Å². The highest BCUT2D eigenvalue weighted by Crippen LogP contribution is 2.25. The molecular formula is C11H8N2O3S. The maximum Gasteiger partial charge on any atom is 0.326 e. The Bertz CT molecular complexity index is 646. The molecule has 0 radical (unpaired) electrons. The van der Waals surface area contributed by atoms with E-state index in [2.05, 4.69) is 4.98 Å². The van der Waals surface area contributed by atoms with Crippen LogP contribution in [0.5, 0.6) is 0 Å². The lowest BCUT2D eigenvalue weighted by atomic mass is 10.4. The van der Waals surface area contributed by atoms with Gasteiger partial charge in [0.15, 0.2) is 6.29 Å². The fourth-order valence-corrected chi connectivity index (χ4v) is 2.19. The van der Waals surface area contributed by atoms with Gasteiger partial charge in [0.25, 0.3) is 5.56 Å². The molecule has 0 saturated carbocycles. The molecule has 0 amide bonds. The van der Waals surface area contributed by atoms with Crippen molar-refractivity contribution in [3.8, 4) is 0 Å². The standard InChI is InChI=1S/C11H8N2O3S/c14-6-8-9(15)12-11(16)13-10(8)17-7-4-2-1-3-5-7/h1-6H,(H2,12,13,15,16). The first-order chi connectivity index (χ1) is 8.20. The molecule has 0 fully saturated rings. The molecule has 1 heterocycles. The van der Waals surface area contributed by atoms with E-state index in [1.165, 1.54) is 0 Å². The molecule has 2 rings (SSSR count). The van der Waals surface area contributed by atoms with Gasteiger partial charge in [-0.15, -0.1) is 0 Å². The number of aldehydes is 1. The zero-order valence-electron chi connectivity index (χ0n) is 8.60. The van der Waals surface area contributed by atoms with Gasteiger partial charge in [-0.2, -0.15) is 0 Å². The Kier molecular flexibility index (Phi) is 3.24. The lowest BCUT2D eigenvalue weighted by molar-refractivity contribution is 0.111. The van der Waals surface area contributed by atoms with E-state index in [1.54, 1.807) is 0 Å². The van der Waals surface area contributed by atoms with Gasteiger partial charge in [-0.05, 0) is 12.1 Å². The van der Waals surface area contributed by atoms with Crippen LogP contribution in [0.1, 0.15) is 10.4 Å². The first kappa shape index (κ1) is 11.4. The van der Waals surface area contributed by atoms with E-state index >= 15 is 0 Å². The predicted molar refractivity (Wildman–Crippen MR) is 63.6 cm³/mol. The third-order valence-electron chi connectivity index (χ3n) is 2.02. The van der Waals surface area contributed by atoms with Crippen LogP contribution in [0.15, 0.2) is 49.8 Å². The van der Waals surface area contributed by atoms with Crippen molar-refractivity contribution >= 4 is 18.0 Å². The van der Waals surface area contributed by atoms with Gasteiger partial charge < -0.3 is 4.98 Å². The van der Waals surface area contributed by atoms with Gasteiger partial charge in [0.05, 0.1) is 5.03 Å². The summed E-state index contributed by atoms with van der Waals surface area (Å²) in [5.41, 5.74) is -1.38. The number of aromatic amines is 2. The summed E-state index contributed by atoms with van der Waals surface area (Å²) in [5, 5.41) is 0.250. The molecule has 6 heteroatoms.